The summed E-state index contributed by atoms with van der Waals surface area (Å²) in [7, 11) is 3.23. The van der Waals surface area contributed by atoms with E-state index in [4.69, 9.17) is 9.47 Å². The minimum absolute atomic E-state index is 0.121. The molecule has 0 spiro atoms. The maximum Gasteiger partial charge on any atom is 0.254 e. The third-order valence-corrected chi connectivity index (χ3v) is 4.98. The van der Waals surface area contributed by atoms with Crippen molar-refractivity contribution in [2.24, 2.45) is 5.92 Å². The Morgan fingerprint density at radius 2 is 2.04 bits per heavy atom. The molecule has 1 amide bonds. The molecule has 126 valence electrons. The Bertz CT molecular complexity index is 568. The molecule has 1 N–H and O–H groups in total. The van der Waals surface area contributed by atoms with Crippen molar-refractivity contribution in [3.05, 3.63) is 23.3 Å². The van der Waals surface area contributed by atoms with E-state index >= 15 is 0 Å². The van der Waals surface area contributed by atoms with Gasteiger partial charge in [-0.3, -0.25) is 4.79 Å². The van der Waals surface area contributed by atoms with E-state index < -0.39 is 0 Å². The molecule has 1 fully saturated rings. The van der Waals surface area contributed by atoms with Gasteiger partial charge in [-0.15, -0.1) is 0 Å². The highest BCUT2D eigenvalue weighted by Crippen LogP contribution is 2.33. The first-order valence-corrected chi connectivity index (χ1v) is 8.48. The molecular weight excluding hydrogens is 292 g/mol. The van der Waals surface area contributed by atoms with Gasteiger partial charge in [-0.2, -0.15) is 0 Å². The van der Waals surface area contributed by atoms with Crippen molar-refractivity contribution >= 4 is 5.91 Å². The monoisotopic (exact) mass is 318 g/mol. The molecule has 0 saturated carbocycles. The number of hydrogen-bond donors (Lipinski definition) is 1. The summed E-state index contributed by atoms with van der Waals surface area (Å²) in [5.41, 5.74) is 1.82. The summed E-state index contributed by atoms with van der Waals surface area (Å²) >= 11 is 0. The molecule has 0 radical (unpaired) electrons. The van der Waals surface area contributed by atoms with Crippen LogP contribution >= 0.6 is 0 Å². The Hall–Kier alpha value is -1.75. The summed E-state index contributed by atoms with van der Waals surface area (Å²) in [4.78, 5) is 14.8. The average molecular weight is 318 g/mol. The van der Waals surface area contributed by atoms with Crippen LogP contribution in [-0.4, -0.2) is 51.2 Å². The molecule has 23 heavy (non-hydrogen) atoms. The topological polar surface area (TPSA) is 50.8 Å². The summed E-state index contributed by atoms with van der Waals surface area (Å²) in [5, 5.41) is 3.44. The number of fused-ring (bicyclic) bond motifs is 1. The van der Waals surface area contributed by atoms with Gasteiger partial charge in [-0.1, -0.05) is 0 Å². The Kier molecular flexibility index (Phi) is 5.06. The molecule has 1 unspecified atom stereocenters. The lowest BCUT2D eigenvalue weighted by Gasteiger charge is -2.31. The van der Waals surface area contributed by atoms with Gasteiger partial charge in [0, 0.05) is 18.7 Å². The normalized spacial score (nSPS) is 21.0. The molecule has 0 aliphatic carbocycles. The smallest absolute Gasteiger partial charge is 0.254 e. The third-order valence-electron chi connectivity index (χ3n) is 4.98. The van der Waals surface area contributed by atoms with E-state index in [1.807, 2.05) is 17.0 Å². The second-order valence-corrected chi connectivity index (χ2v) is 6.41. The molecule has 1 aromatic carbocycles. The van der Waals surface area contributed by atoms with Crippen LogP contribution in [0.4, 0.5) is 0 Å². The zero-order chi connectivity index (χ0) is 16.2. The number of carbonyl (C=O) groups excluding carboxylic acids is 1. The number of carbonyl (C=O) groups is 1. The van der Waals surface area contributed by atoms with Crippen molar-refractivity contribution in [2.75, 3.05) is 40.4 Å². The van der Waals surface area contributed by atoms with Crippen molar-refractivity contribution < 1.29 is 14.3 Å². The van der Waals surface area contributed by atoms with E-state index in [2.05, 4.69) is 5.32 Å². The van der Waals surface area contributed by atoms with Crippen molar-refractivity contribution in [3.63, 3.8) is 0 Å². The Morgan fingerprint density at radius 1 is 1.26 bits per heavy atom. The second-order valence-electron chi connectivity index (χ2n) is 6.41. The minimum atomic E-state index is 0.121. The Labute approximate surface area is 137 Å². The quantitative estimate of drug-likeness (QED) is 0.903. The second kappa shape index (κ2) is 7.21. The Balaban J connectivity index is 1.69. The first-order valence-electron chi connectivity index (χ1n) is 8.48. The molecule has 1 saturated heterocycles. The largest absolute Gasteiger partial charge is 0.493 e. The van der Waals surface area contributed by atoms with Gasteiger partial charge in [0.2, 0.25) is 0 Å². The lowest BCUT2D eigenvalue weighted by Crippen LogP contribution is -2.40. The molecule has 5 nitrogen and oxygen atoms in total. The fourth-order valence-corrected chi connectivity index (χ4v) is 3.58. The van der Waals surface area contributed by atoms with Gasteiger partial charge < -0.3 is 19.7 Å². The van der Waals surface area contributed by atoms with Crippen LogP contribution in [0.25, 0.3) is 0 Å². The van der Waals surface area contributed by atoms with Crippen LogP contribution in [0.5, 0.6) is 11.5 Å². The van der Waals surface area contributed by atoms with E-state index in [0.29, 0.717) is 17.4 Å². The zero-order valence-corrected chi connectivity index (χ0v) is 14.1. The summed E-state index contributed by atoms with van der Waals surface area (Å²) in [6.45, 7) is 3.86. The molecule has 0 aromatic heterocycles. The van der Waals surface area contributed by atoms with Crippen molar-refractivity contribution in [1.29, 1.82) is 0 Å². The highest BCUT2D eigenvalue weighted by Gasteiger charge is 2.27. The predicted molar refractivity (Wildman–Crippen MR) is 89.4 cm³/mol. The highest BCUT2D eigenvalue weighted by molar-refractivity contribution is 5.97. The molecule has 5 heteroatoms. The Morgan fingerprint density at radius 3 is 2.74 bits per heavy atom. The van der Waals surface area contributed by atoms with Gasteiger partial charge in [0.1, 0.15) is 0 Å². The van der Waals surface area contributed by atoms with Gasteiger partial charge in [-0.05, 0) is 62.4 Å². The van der Waals surface area contributed by atoms with E-state index in [9.17, 15) is 4.79 Å². The molecule has 2 heterocycles. The molecule has 3 rings (SSSR count). The van der Waals surface area contributed by atoms with Crippen LogP contribution in [-0.2, 0) is 6.42 Å². The summed E-state index contributed by atoms with van der Waals surface area (Å²) in [6, 6.07) is 3.76. The number of rotatable bonds is 5. The van der Waals surface area contributed by atoms with Gasteiger partial charge >= 0.3 is 0 Å². The van der Waals surface area contributed by atoms with Crippen LogP contribution in [0, 0.1) is 5.92 Å². The van der Waals surface area contributed by atoms with Crippen LogP contribution in [0.1, 0.15) is 35.2 Å². The van der Waals surface area contributed by atoms with E-state index in [-0.39, 0.29) is 5.91 Å². The lowest BCUT2D eigenvalue weighted by atomic mass is 9.94. The van der Waals surface area contributed by atoms with Gasteiger partial charge in [0.05, 0.1) is 14.2 Å². The predicted octanol–water partition coefficient (Wildman–Crippen LogP) is 2.09. The van der Waals surface area contributed by atoms with Crippen molar-refractivity contribution in [3.8, 4) is 11.5 Å². The summed E-state index contributed by atoms with van der Waals surface area (Å²) in [6.07, 6.45) is 4.49. The first kappa shape index (κ1) is 16.1. The highest BCUT2D eigenvalue weighted by atomic mass is 16.5. The van der Waals surface area contributed by atoms with Crippen LogP contribution in [0.3, 0.4) is 0 Å². The first-order chi connectivity index (χ1) is 11.2. The molecular formula is C18H26N2O3. The fourth-order valence-electron chi connectivity index (χ4n) is 3.58. The zero-order valence-electron chi connectivity index (χ0n) is 14.1. The van der Waals surface area contributed by atoms with Crippen LogP contribution < -0.4 is 14.8 Å². The molecule has 0 bridgehead atoms. The number of nitrogens with one attached hydrogen (secondary N) is 1. The molecule has 2 aliphatic rings. The third kappa shape index (κ3) is 3.44. The number of ether oxygens (including phenoxy) is 2. The standard InChI is InChI=1S/C18H26N2O3/c1-22-16-10-14-6-9-20(8-5-13-4-3-7-19-12-13)18(21)15(14)11-17(16)23-2/h10-11,13,19H,3-9,12H2,1-2H3. The van der Waals surface area contributed by atoms with Gasteiger partial charge in [0.25, 0.3) is 5.91 Å². The van der Waals surface area contributed by atoms with Crippen molar-refractivity contribution in [1.82, 2.24) is 10.2 Å². The summed E-state index contributed by atoms with van der Waals surface area (Å²) < 4.78 is 10.7. The number of benzene rings is 1. The number of hydrogen-bond acceptors (Lipinski definition) is 4. The maximum atomic E-state index is 12.8. The average Bonchev–Trinajstić information content (AvgIpc) is 2.61. The number of piperidine rings is 1. The number of methoxy groups -OCH3 is 2. The van der Waals surface area contributed by atoms with E-state index in [1.165, 1.54) is 12.8 Å². The minimum Gasteiger partial charge on any atom is -0.493 e. The lowest BCUT2D eigenvalue weighted by molar-refractivity contribution is 0.0726. The van der Waals surface area contributed by atoms with Crippen LogP contribution in [0.2, 0.25) is 0 Å². The maximum absolute atomic E-state index is 12.8. The fraction of sp³-hybridized carbons (Fsp3) is 0.611. The molecule has 1 atom stereocenters. The van der Waals surface area contributed by atoms with Crippen LogP contribution in [0.15, 0.2) is 12.1 Å². The summed E-state index contributed by atoms with van der Waals surface area (Å²) in [5.74, 6) is 2.14. The number of nitrogens with zero attached hydrogens (tertiary/aromatic N) is 1. The van der Waals surface area contributed by atoms with E-state index in [0.717, 1.165) is 50.1 Å². The molecule has 1 aromatic rings. The van der Waals surface area contributed by atoms with Gasteiger partial charge in [0.15, 0.2) is 11.5 Å². The van der Waals surface area contributed by atoms with Crippen molar-refractivity contribution in [2.45, 2.75) is 25.7 Å². The van der Waals surface area contributed by atoms with Gasteiger partial charge in [-0.25, -0.2) is 0 Å². The van der Waals surface area contributed by atoms with E-state index in [1.54, 1.807) is 14.2 Å². The SMILES string of the molecule is COc1cc2c(cc1OC)C(=O)N(CCC1CCCNC1)CC2. The number of amides is 1. The molecule has 2 aliphatic heterocycles.